The van der Waals surface area contributed by atoms with Crippen molar-refractivity contribution < 1.29 is 4.79 Å². The summed E-state index contributed by atoms with van der Waals surface area (Å²) in [7, 11) is 0. The highest BCUT2D eigenvalue weighted by atomic mass is 32.2. The molecular weight excluding hydrogens is 256 g/mol. The van der Waals surface area contributed by atoms with E-state index in [1.165, 1.54) is 31.0 Å². The minimum atomic E-state index is -0.276. The number of benzene rings is 1. The van der Waals surface area contributed by atoms with Crippen LogP contribution in [0.15, 0.2) is 29.2 Å². The Kier molecular flexibility index (Phi) is 4.40. The van der Waals surface area contributed by atoms with E-state index in [0.717, 1.165) is 10.6 Å². The molecule has 0 heterocycles. The first-order valence-electron chi connectivity index (χ1n) is 6.73. The Morgan fingerprint density at radius 3 is 2.84 bits per heavy atom. The van der Waals surface area contributed by atoms with Crippen LogP contribution < -0.4 is 11.1 Å². The van der Waals surface area contributed by atoms with Gasteiger partial charge in [-0.05, 0) is 36.8 Å². The van der Waals surface area contributed by atoms with E-state index >= 15 is 0 Å². The van der Waals surface area contributed by atoms with Crippen molar-refractivity contribution in [2.45, 2.75) is 44.0 Å². The van der Waals surface area contributed by atoms with Crippen LogP contribution >= 0.6 is 11.8 Å². The fourth-order valence-electron chi connectivity index (χ4n) is 2.64. The lowest BCUT2D eigenvalue weighted by molar-refractivity contribution is -0.115. The number of carbonyl (C=O) groups excluding carboxylic acids is 1. The largest absolute Gasteiger partial charge is 0.381 e. The van der Waals surface area contributed by atoms with Crippen LogP contribution in [0.3, 0.4) is 0 Å². The average Bonchev–Trinajstić information content (AvgIpc) is 2.67. The van der Waals surface area contributed by atoms with Crippen LogP contribution in [-0.4, -0.2) is 17.7 Å². The Morgan fingerprint density at radius 1 is 1.47 bits per heavy atom. The molecule has 19 heavy (non-hydrogen) atoms. The molecule has 1 unspecified atom stereocenters. The fraction of sp³-hybridized carbons (Fsp3) is 0.533. The lowest BCUT2D eigenvalue weighted by atomic mass is 9.92. The van der Waals surface area contributed by atoms with E-state index in [1.807, 2.05) is 18.2 Å². The SMILES string of the molecule is CC1(C)CCC(Nc2ccccc2SCC(N)=O)C1. The second-order valence-electron chi connectivity index (χ2n) is 6.00. The molecule has 1 aliphatic rings. The molecule has 1 amide bonds. The number of carbonyl (C=O) groups is 1. The first kappa shape index (κ1) is 14.3. The number of anilines is 1. The Balaban J connectivity index is 2.02. The Hall–Kier alpha value is -1.16. The smallest absolute Gasteiger partial charge is 0.227 e. The van der Waals surface area contributed by atoms with E-state index in [2.05, 4.69) is 25.2 Å². The highest BCUT2D eigenvalue weighted by molar-refractivity contribution is 8.00. The summed E-state index contributed by atoms with van der Waals surface area (Å²) in [5.74, 6) is 0.0521. The summed E-state index contributed by atoms with van der Waals surface area (Å²) in [6.45, 7) is 4.64. The summed E-state index contributed by atoms with van der Waals surface area (Å²) in [5.41, 5.74) is 6.77. The maximum absolute atomic E-state index is 10.9. The summed E-state index contributed by atoms with van der Waals surface area (Å²) in [6.07, 6.45) is 3.67. The van der Waals surface area contributed by atoms with Gasteiger partial charge in [-0.2, -0.15) is 0 Å². The van der Waals surface area contributed by atoms with E-state index in [1.54, 1.807) is 0 Å². The van der Waals surface area contributed by atoms with Gasteiger partial charge >= 0.3 is 0 Å². The van der Waals surface area contributed by atoms with E-state index in [-0.39, 0.29) is 5.91 Å². The standard InChI is InChI=1S/C15H22N2OS/c1-15(2)8-7-11(9-15)17-12-5-3-4-6-13(12)19-10-14(16)18/h3-6,11,17H,7-10H2,1-2H3,(H2,16,18). The first-order valence-corrected chi connectivity index (χ1v) is 7.71. The van der Waals surface area contributed by atoms with Crippen LogP contribution in [0.4, 0.5) is 5.69 Å². The molecule has 0 radical (unpaired) electrons. The number of hydrogen-bond acceptors (Lipinski definition) is 3. The number of thioether (sulfide) groups is 1. The topological polar surface area (TPSA) is 55.1 Å². The number of nitrogens with two attached hydrogens (primary N) is 1. The van der Waals surface area contributed by atoms with Crippen molar-refractivity contribution in [3.05, 3.63) is 24.3 Å². The third-order valence-electron chi connectivity index (χ3n) is 3.59. The monoisotopic (exact) mass is 278 g/mol. The van der Waals surface area contributed by atoms with Gasteiger partial charge in [0.05, 0.1) is 5.75 Å². The molecule has 104 valence electrons. The van der Waals surface area contributed by atoms with Gasteiger partial charge in [-0.3, -0.25) is 4.79 Å². The molecule has 1 aliphatic carbocycles. The summed E-state index contributed by atoms with van der Waals surface area (Å²) < 4.78 is 0. The number of hydrogen-bond donors (Lipinski definition) is 2. The van der Waals surface area contributed by atoms with Crippen molar-refractivity contribution in [3.63, 3.8) is 0 Å². The predicted molar refractivity (Wildman–Crippen MR) is 81.4 cm³/mol. The third kappa shape index (κ3) is 4.16. The minimum Gasteiger partial charge on any atom is -0.381 e. The summed E-state index contributed by atoms with van der Waals surface area (Å²) in [6, 6.07) is 8.67. The van der Waals surface area contributed by atoms with Gasteiger partial charge in [-0.1, -0.05) is 26.0 Å². The number of nitrogens with one attached hydrogen (secondary N) is 1. The van der Waals surface area contributed by atoms with Crippen molar-refractivity contribution in [2.75, 3.05) is 11.1 Å². The number of amides is 1. The van der Waals surface area contributed by atoms with Crippen LogP contribution in [-0.2, 0) is 4.79 Å². The Bertz CT molecular complexity index is 459. The van der Waals surface area contributed by atoms with Crippen LogP contribution in [0.25, 0.3) is 0 Å². The van der Waals surface area contributed by atoms with E-state index in [4.69, 9.17) is 5.73 Å². The highest BCUT2D eigenvalue weighted by Crippen LogP contribution is 2.39. The molecule has 0 bridgehead atoms. The fourth-order valence-corrected chi connectivity index (χ4v) is 3.39. The Morgan fingerprint density at radius 2 is 2.21 bits per heavy atom. The van der Waals surface area contributed by atoms with Crippen LogP contribution in [0.1, 0.15) is 33.1 Å². The van der Waals surface area contributed by atoms with Crippen molar-refractivity contribution >= 4 is 23.4 Å². The van der Waals surface area contributed by atoms with Gasteiger partial charge in [0.15, 0.2) is 0 Å². The van der Waals surface area contributed by atoms with Gasteiger partial charge in [0, 0.05) is 16.6 Å². The molecule has 0 saturated heterocycles. The second kappa shape index (κ2) is 5.87. The van der Waals surface area contributed by atoms with Gasteiger partial charge < -0.3 is 11.1 Å². The zero-order valence-electron chi connectivity index (χ0n) is 11.6. The Labute approximate surface area is 119 Å². The van der Waals surface area contributed by atoms with Gasteiger partial charge in [0.25, 0.3) is 0 Å². The molecule has 1 aromatic carbocycles. The van der Waals surface area contributed by atoms with Crippen molar-refractivity contribution in [1.82, 2.24) is 0 Å². The van der Waals surface area contributed by atoms with Crippen LogP contribution in [0.2, 0.25) is 0 Å². The summed E-state index contributed by atoms with van der Waals surface area (Å²) in [5, 5.41) is 3.62. The molecule has 4 heteroatoms. The molecule has 1 atom stereocenters. The molecule has 0 aliphatic heterocycles. The minimum absolute atomic E-state index is 0.276. The summed E-state index contributed by atoms with van der Waals surface area (Å²) >= 11 is 1.50. The van der Waals surface area contributed by atoms with E-state index < -0.39 is 0 Å². The molecule has 0 spiro atoms. The first-order chi connectivity index (χ1) is 8.96. The molecule has 1 aromatic rings. The van der Waals surface area contributed by atoms with Gasteiger partial charge in [0.1, 0.15) is 0 Å². The number of para-hydroxylation sites is 1. The molecule has 1 saturated carbocycles. The second-order valence-corrected chi connectivity index (χ2v) is 7.02. The zero-order valence-corrected chi connectivity index (χ0v) is 12.4. The normalized spacial score (nSPS) is 21.3. The quantitative estimate of drug-likeness (QED) is 0.813. The molecule has 1 fully saturated rings. The average molecular weight is 278 g/mol. The highest BCUT2D eigenvalue weighted by Gasteiger charge is 2.30. The van der Waals surface area contributed by atoms with Crippen molar-refractivity contribution in [1.29, 1.82) is 0 Å². The van der Waals surface area contributed by atoms with Gasteiger partial charge in [-0.15, -0.1) is 11.8 Å². The maximum Gasteiger partial charge on any atom is 0.227 e. The van der Waals surface area contributed by atoms with E-state index in [9.17, 15) is 4.79 Å². The molecule has 3 nitrogen and oxygen atoms in total. The zero-order chi connectivity index (χ0) is 13.9. The lowest BCUT2D eigenvalue weighted by Gasteiger charge is -2.20. The van der Waals surface area contributed by atoms with E-state index in [0.29, 0.717) is 17.2 Å². The van der Waals surface area contributed by atoms with Crippen LogP contribution in [0.5, 0.6) is 0 Å². The van der Waals surface area contributed by atoms with Crippen molar-refractivity contribution in [3.8, 4) is 0 Å². The molecular formula is C15H22N2OS. The number of rotatable bonds is 5. The molecule has 3 N–H and O–H groups in total. The van der Waals surface area contributed by atoms with Crippen molar-refractivity contribution in [2.24, 2.45) is 11.1 Å². The maximum atomic E-state index is 10.9. The van der Waals surface area contributed by atoms with Crippen LogP contribution in [0, 0.1) is 5.41 Å². The molecule has 2 rings (SSSR count). The lowest BCUT2D eigenvalue weighted by Crippen LogP contribution is -2.18. The summed E-state index contributed by atoms with van der Waals surface area (Å²) in [4.78, 5) is 12.0. The predicted octanol–water partition coefficient (Wildman–Crippen LogP) is 3.25. The number of primary amides is 1. The van der Waals surface area contributed by atoms with Gasteiger partial charge in [0.2, 0.25) is 5.91 Å². The third-order valence-corrected chi connectivity index (χ3v) is 4.68. The van der Waals surface area contributed by atoms with Gasteiger partial charge in [-0.25, -0.2) is 0 Å². The molecule has 0 aromatic heterocycles.